The molecule has 0 atom stereocenters. The SMILES string of the molecule is COc1cc(N2CCN(c3cccc(-c4nncn4C(C)C)c3)C2=O)ccc1S(C)(=O)=O. The third kappa shape index (κ3) is 3.93. The Morgan fingerprint density at radius 1 is 1.03 bits per heavy atom. The summed E-state index contributed by atoms with van der Waals surface area (Å²) in [6.45, 7) is 5.08. The summed E-state index contributed by atoms with van der Waals surface area (Å²) in [6, 6.07) is 12.3. The van der Waals surface area contributed by atoms with Gasteiger partial charge in [-0.3, -0.25) is 9.80 Å². The lowest BCUT2D eigenvalue weighted by Crippen LogP contribution is -2.31. The molecule has 4 rings (SSSR count). The van der Waals surface area contributed by atoms with Gasteiger partial charge in [0.1, 0.15) is 17.0 Å². The van der Waals surface area contributed by atoms with Gasteiger partial charge in [-0.05, 0) is 38.1 Å². The van der Waals surface area contributed by atoms with Gasteiger partial charge >= 0.3 is 6.03 Å². The maximum Gasteiger partial charge on any atom is 0.329 e. The molecule has 0 unspecified atom stereocenters. The first-order valence-corrected chi connectivity index (χ1v) is 12.1. The molecule has 1 aliphatic rings. The van der Waals surface area contributed by atoms with Gasteiger partial charge in [0.25, 0.3) is 0 Å². The van der Waals surface area contributed by atoms with E-state index in [4.69, 9.17) is 4.74 Å². The first kappa shape index (κ1) is 21.8. The van der Waals surface area contributed by atoms with Gasteiger partial charge in [-0.1, -0.05) is 12.1 Å². The number of carbonyl (C=O) groups is 1. The first-order chi connectivity index (χ1) is 15.2. The van der Waals surface area contributed by atoms with E-state index in [0.717, 1.165) is 23.3 Å². The highest BCUT2D eigenvalue weighted by atomic mass is 32.2. The summed E-state index contributed by atoms with van der Waals surface area (Å²) in [4.78, 5) is 16.6. The zero-order chi connectivity index (χ0) is 23.0. The van der Waals surface area contributed by atoms with E-state index < -0.39 is 9.84 Å². The van der Waals surface area contributed by atoms with Crippen molar-refractivity contribution in [1.29, 1.82) is 0 Å². The maximum absolute atomic E-state index is 13.2. The summed E-state index contributed by atoms with van der Waals surface area (Å²) >= 11 is 0. The van der Waals surface area contributed by atoms with Crippen LogP contribution < -0.4 is 14.5 Å². The molecule has 1 aliphatic heterocycles. The maximum atomic E-state index is 13.2. The number of rotatable bonds is 6. The Balaban J connectivity index is 1.63. The van der Waals surface area contributed by atoms with Crippen molar-refractivity contribution in [2.24, 2.45) is 0 Å². The van der Waals surface area contributed by atoms with Gasteiger partial charge in [-0.2, -0.15) is 0 Å². The third-order valence-corrected chi connectivity index (χ3v) is 6.55. The number of carbonyl (C=O) groups excluding carboxylic acids is 1. The van der Waals surface area contributed by atoms with Crippen LogP contribution in [0.1, 0.15) is 19.9 Å². The number of amides is 2. The molecule has 0 spiro atoms. The fraction of sp³-hybridized carbons (Fsp3) is 0.318. The lowest BCUT2D eigenvalue weighted by molar-refractivity contribution is 0.256. The van der Waals surface area contributed by atoms with Crippen LogP contribution in [0.2, 0.25) is 0 Å². The third-order valence-electron chi connectivity index (χ3n) is 5.41. The van der Waals surface area contributed by atoms with E-state index >= 15 is 0 Å². The predicted molar refractivity (Wildman–Crippen MR) is 122 cm³/mol. The summed E-state index contributed by atoms with van der Waals surface area (Å²) in [5.41, 5.74) is 2.21. The molecular formula is C22H25N5O4S. The van der Waals surface area contributed by atoms with Gasteiger partial charge in [0.15, 0.2) is 15.7 Å². The number of sulfone groups is 1. The molecule has 32 heavy (non-hydrogen) atoms. The lowest BCUT2D eigenvalue weighted by Gasteiger charge is -2.20. The minimum Gasteiger partial charge on any atom is -0.495 e. The molecule has 1 fully saturated rings. The van der Waals surface area contributed by atoms with Gasteiger partial charge in [-0.25, -0.2) is 13.2 Å². The van der Waals surface area contributed by atoms with Gasteiger partial charge in [0.05, 0.1) is 7.11 Å². The van der Waals surface area contributed by atoms with Crippen molar-refractivity contribution in [2.75, 3.05) is 36.3 Å². The number of nitrogens with zero attached hydrogens (tertiary/aromatic N) is 5. The second kappa shape index (κ2) is 8.27. The van der Waals surface area contributed by atoms with Crippen LogP contribution in [0.3, 0.4) is 0 Å². The van der Waals surface area contributed by atoms with E-state index in [1.54, 1.807) is 28.3 Å². The molecule has 1 saturated heterocycles. The van der Waals surface area contributed by atoms with Crippen molar-refractivity contribution >= 4 is 27.2 Å². The fourth-order valence-electron chi connectivity index (χ4n) is 3.79. The first-order valence-electron chi connectivity index (χ1n) is 10.2. The smallest absolute Gasteiger partial charge is 0.329 e. The highest BCUT2D eigenvalue weighted by Gasteiger charge is 2.32. The Morgan fingerprint density at radius 3 is 2.34 bits per heavy atom. The molecule has 0 saturated carbocycles. The van der Waals surface area contributed by atoms with Crippen LogP contribution in [0.5, 0.6) is 5.75 Å². The molecule has 168 valence electrons. The quantitative estimate of drug-likeness (QED) is 0.565. The average molecular weight is 456 g/mol. The number of anilines is 2. The predicted octanol–water partition coefficient (Wildman–Crippen LogP) is 3.38. The summed E-state index contributed by atoms with van der Waals surface area (Å²) in [7, 11) is -2.03. The molecule has 9 nitrogen and oxygen atoms in total. The van der Waals surface area contributed by atoms with E-state index in [0.29, 0.717) is 18.8 Å². The summed E-state index contributed by atoms with van der Waals surface area (Å²) in [5.74, 6) is 0.956. The van der Waals surface area contributed by atoms with E-state index in [1.807, 2.05) is 28.8 Å². The topological polar surface area (TPSA) is 97.6 Å². The van der Waals surface area contributed by atoms with E-state index in [-0.39, 0.29) is 22.7 Å². The minimum absolute atomic E-state index is 0.0919. The van der Waals surface area contributed by atoms with Crippen LogP contribution in [0, 0.1) is 0 Å². The van der Waals surface area contributed by atoms with Crippen molar-refractivity contribution in [1.82, 2.24) is 14.8 Å². The number of urea groups is 1. The van der Waals surface area contributed by atoms with Gasteiger partial charge < -0.3 is 9.30 Å². The van der Waals surface area contributed by atoms with Crippen molar-refractivity contribution in [3.8, 4) is 17.1 Å². The molecule has 1 aromatic heterocycles. The molecule has 0 aliphatic carbocycles. The number of benzene rings is 2. The molecule has 2 aromatic carbocycles. The second-order valence-corrected chi connectivity index (χ2v) is 9.88. The summed E-state index contributed by atoms with van der Waals surface area (Å²) in [6.07, 6.45) is 2.82. The summed E-state index contributed by atoms with van der Waals surface area (Å²) < 4.78 is 31.2. The van der Waals surface area contributed by atoms with Crippen molar-refractivity contribution in [3.05, 3.63) is 48.8 Å². The van der Waals surface area contributed by atoms with Crippen LogP contribution in [-0.4, -0.2) is 55.7 Å². The Bertz CT molecular complexity index is 1270. The molecule has 0 N–H and O–H groups in total. The number of methoxy groups -OCH3 is 1. The summed E-state index contributed by atoms with van der Waals surface area (Å²) in [5, 5.41) is 8.26. The van der Waals surface area contributed by atoms with E-state index in [1.165, 1.54) is 13.2 Å². The zero-order valence-electron chi connectivity index (χ0n) is 18.4. The number of hydrogen-bond donors (Lipinski definition) is 0. The molecule has 0 radical (unpaired) electrons. The Labute approximate surface area is 187 Å². The minimum atomic E-state index is -3.44. The van der Waals surface area contributed by atoms with Crippen LogP contribution in [0.4, 0.5) is 16.2 Å². The average Bonchev–Trinajstić information content (AvgIpc) is 3.40. The molecule has 10 heteroatoms. The molecule has 2 heterocycles. The normalized spacial score (nSPS) is 14.5. The number of ether oxygens (including phenoxy) is 1. The molecule has 3 aromatic rings. The van der Waals surface area contributed by atoms with Crippen LogP contribution in [0.25, 0.3) is 11.4 Å². The molecular weight excluding hydrogens is 430 g/mol. The highest BCUT2D eigenvalue weighted by Crippen LogP contribution is 2.33. The molecule has 2 amide bonds. The van der Waals surface area contributed by atoms with Crippen LogP contribution in [0.15, 0.2) is 53.7 Å². The largest absolute Gasteiger partial charge is 0.495 e. The Kier molecular flexibility index (Phi) is 5.64. The Morgan fingerprint density at radius 2 is 1.72 bits per heavy atom. The van der Waals surface area contributed by atoms with Crippen molar-refractivity contribution in [2.45, 2.75) is 24.8 Å². The highest BCUT2D eigenvalue weighted by molar-refractivity contribution is 7.90. The van der Waals surface area contributed by atoms with Gasteiger partial charge in [0, 0.05) is 48.4 Å². The lowest BCUT2D eigenvalue weighted by atomic mass is 10.1. The van der Waals surface area contributed by atoms with Gasteiger partial charge in [-0.15, -0.1) is 10.2 Å². The van der Waals surface area contributed by atoms with Crippen LogP contribution in [-0.2, 0) is 9.84 Å². The van der Waals surface area contributed by atoms with Crippen LogP contribution >= 0.6 is 0 Å². The zero-order valence-corrected chi connectivity index (χ0v) is 19.2. The standard InChI is InChI=1S/C22H25N5O4S/c1-15(2)27-14-23-24-21(27)16-6-5-7-17(12-16)25-10-11-26(22(25)28)18-8-9-20(32(4,29)30)19(13-18)31-3/h5-9,12-15H,10-11H2,1-4H3. The van der Waals surface area contributed by atoms with Crippen molar-refractivity contribution in [3.63, 3.8) is 0 Å². The Hall–Kier alpha value is -3.40. The number of aromatic nitrogens is 3. The van der Waals surface area contributed by atoms with Gasteiger partial charge in [0.2, 0.25) is 0 Å². The number of hydrogen-bond acceptors (Lipinski definition) is 6. The van der Waals surface area contributed by atoms with Crippen molar-refractivity contribution < 1.29 is 17.9 Å². The van der Waals surface area contributed by atoms with E-state index in [2.05, 4.69) is 24.0 Å². The second-order valence-electron chi connectivity index (χ2n) is 7.90. The fourth-order valence-corrected chi connectivity index (χ4v) is 4.61. The van der Waals surface area contributed by atoms with E-state index in [9.17, 15) is 13.2 Å². The molecule has 0 bridgehead atoms. The monoisotopic (exact) mass is 455 g/mol.